The van der Waals surface area contributed by atoms with Crippen LogP contribution in [0.4, 0.5) is 5.00 Å². The predicted octanol–water partition coefficient (Wildman–Crippen LogP) is 3.62. The minimum absolute atomic E-state index is 0.134. The van der Waals surface area contributed by atoms with Crippen molar-refractivity contribution in [2.24, 2.45) is 0 Å². The molecule has 2 N–H and O–H groups in total. The molecule has 1 aliphatic rings. The molecular formula is C18H20N2O4S2. The molecule has 0 aromatic carbocycles. The summed E-state index contributed by atoms with van der Waals surface area (Å²) in [7, 11) is 0. The number of nitrogens with one attached hydrogen (secondary N) is 2. The Balaban J connectivity index is 1.57. The first-order valence-electron chi connectivity index (χ1n) is 8.49. The average Bonchev–Trinajstić information content (AvgIpc) is 3.14. The summed E-state index contributed by atoms with van der Waals surface area (Å²) in [6.45, 7) is 2.28. The number of esters is 1. The van der Waals surface area contributed by atoms with Crippen LogP contribution in [0.15, 0.2) is 22.2 Å². The second-order valence-electron chi connectivity index (χ2n) is 5.96. The zero-order valence-electron chi connectivity index (χ0n) is 14.4. The normalized spacial score (nSPS) is 13.3. The topological polar surface area (TPSA) is 84.5 Å². The van der Waals surface area contributed by atoms with Gasteiger partial charge in [-0.15, -0.1) is 11.3 Å². The number of rotatable bonds is 8. The van der Waals surface area contributed by atoms with Crippen molar-refractivity contribution >= 4 is 45.5 Å². The van der Waals surface area contributed by atoms with Gasteiger partial charge in [0.1, 0.15) is 5.00 Å². The van der Waals surface area contributed by atoms with E-state index >= 15 is 0 Å². The van der Waals surface area contributed by atoms with Crippen LogP contribution in [0.5, 0.6) is 0 Å². The Labute approximate surface area is 159 Å². The third kappa shape index (κ3) is 4.50. The Kier molecular flexibility index (Phi) is 6.05. The molecule has 0 spiro atoms. The Morgan fingerprint density at radius 1 is 1.27 bits per heavy atom. The predicted molar refractivity (Wildman–Crippen MR) is 102 cm³/mol. The van der Waals surface area contributed by atoms with E-state index in [1.54, 1.807) is 18.4 Å². The van der Waals surface area contributed by atoms with Gasteiger partial charge in [0.25, 0.3) is 5.91 Å². The van der Waals surface area contributed by atoms with Crippen molar-refractivity contribution in [1.82, 2.24) is 5.32 Å². The Bertz CT molecular complexity index is 794. The fourth-order valence-electron chi connectivity index (χ4n) is 2.55. The Morgan fingerprint density at radius 3 is 2.73 bits per heavy atom. The highest BCUT2D eigenvalue weighted by molar-refractivity contribution is 7.15. The summed E-state index contributed by atoms with van der Waals surface area (Å²) in [4.78, 5) is 36.3. The van der Waals surface area contributed by atoms with Gasteiger partial charge in [-0.2, -0.15) is 11.3 Å². The van der Waals surface area contributed by atoms with E-state index in [9.17, 15) is 14.4 Å². The molecule has 3 rings (SSSR count). The molecule has 1 saturated carbocycles. The maximum atomic E-state index is 12.3. The zero-order chi connectivity index (χ0) is 18.5. The minimum Gasteiger partial charge on any atom is -0.462 e. The van der Waals surface area contributed by atoms with Crippen LogP contribution >= 0.6 is 22.7 Å². The molecule has 1 fully saturated rings. The molecule has 0 aliphatic heterocycles. The minimum atomic E-state index is -0.392. The van der Waals surface area contributed by atoms with Crippen LogP contribution in [0.2, 0.25) is 0 Å². The highest BCUT2D eigenvalue weighted by Gasteiger charge is 2.32. The van der Waals surface area contributed by atoms with E-state index in [1.807, 2.05) is 10.8 Å². The van der Waals surface area contributed by atoms with Gasteiger partial charge in [0.05, 0.1) is 12.2 Å². The monoisotopic (exact) mass is 392 g/mol. The second-order valence-corrected chi connectivity index (χ2v) is 7.62. The Hall–Kier alpha value is -2.19. The first-order valence-corrected chi connectivity index (χ1v) is 10.3. The van der Waals surface area contributed by atoms with E-state index in [0.717, 1.165) is 18.4 Å². The van der Waals surface area contributed by atoms with Crippen LogP contribution in [-0.4, -0.2) is 30.9 Å². The third-order valence-corrected chi connectivity index (χ3v) is 5.59. The number of ether oxygens (including phenoxy) is 1. The SMILES string of the molecule is CCOC(=O)c1c(C2CC2)csc1NC(=O)CCNC(=O)c1ccsc1. The molecular weight excluding hydrogens is 372 g/mol. The summed E-state index contributed by atoms with van der Waals surface area (Å²) in [6.07, 6.45) is 2.26. The van der Waals surface area contributed by atoms with E-state index in [-0.39, 0.29) is 24.8 Å². The lowest BCUT2D eigenvalue weighted by molar-refractivity contribution is -0.116. The highest BCUT2D eigenvalue weighted by atomic mass is 32.1. The van der Waals surface area contributed by atoms with Crippen LogP contribution in [0.3, 0.4) is 0 Å². The molecule has 26 heavy (non-hydrogen) atoms. The van der Waals surface area contributed by atoms with E-state index in [0.29, 0.717) is 28.7 Å². The molecule has 0 radical (unpaired) electrons. The number of carbonyl (C=O) groups is 3. The second kappa shape index (κ2) is 8.46. The van der Waals surface area contributed by atoms with Gasteiger partial charge in [0.2, 0.25) is 5.91 Å². The van der Waals surface area contributed by atoms with Crippen molar-refractivity contribution in [2.75, 3.05) is 18.5 Å². The molecule has 2 aromatic rings. The molecule has 8 heteroatoms. The van der Waals surface area contributed by atoms with Crippen LogP contribution in [0.1, 0.15) is 58.4 Å². The molecule has 2 amide bonds. The molecule has 0 saturated heterocycles. The fraction of sp³-hybridized carbons (Fsp3) is 0.389. The standard InChI is InChI=1S/C18H20N2O4S2/c1-2-24-18(23)15-13(11-3-4-11)10-26-17(15)20-14(21)5-7-19-16(22)12-6-8-25-9-12/h6,8-11H,2-5,7H2,1H3,(H,19,22)(H,20,21). The molecule has 6 nitrogen and oxygen atoms in total. The molecule has 1 aliphatic carbocycles. The van der Waals surface area contributed by atoms with E-state index in [4.69, 9.17) is 4.74 Å². The van der Waals surface area contributed by atoms with Crippen LogP contribution < -0.4 is 10.6 Å². The maximum absolute atomic E-state index is 12.3. The van der Waals surface area contributed by atoms with E-state index < -0.39 is 5.97 Å². The summed E-state index contributed by atoms with van der Waals surface area (Å²) in [6, 6.07) is 1.73. The molecule has 2 aromatic heterocycles. The van der Waals surface area contributed by atoms with E-state index in [1.165, 1.54) is 22.7 Å². The van der Waals surface area contributed by atoms with Crippen molar-refractivity contribution in [3.63, 3.8) is 0 Å². The van der Waals surface area contributed by atoms with Gasteiger partial charge >= 0.3 is 5.97 Å². The number of carbonyl (C=O) groups excluding carboxylic acids is 3. The lowest BCUT2D eigenvalue weighted by Crippen LogP contribution is -2.27. The van der Waals surface area contributed by atoms with Crippen molar-refractivity contribution in [1.29, 1.82) is 0 Å². The highest BCUT2D eigenvalue weighted by Crippen LogP contribution is 2.46. The van der Waals surface area contributed by atoms with Crippen molar-refractivity contribution in [2.45, 2.75) is 32.1 Å². The van der Waals surface area contributed by atoms with Crippen LogP contribution in [0, 0.1) is 0 Å². The largest absolute Gasteiger partial charge is 0.462 e. The zero-order valence-corrected chi connectivity index (χ0v) is 16.0. The molecule has 2 heterocycles. The average molecular weight is 393 g/mol. The number of hydrogen-bond acceptors (Lipinski definition) is 6. The van der Waals surface area contributed by atoms with Crippen molar-refractivity contribution < 1.29 is 19.1 Å². The van der Waals surface area contributed by atoms with Gasteiger partial charge in [-0.25, -0.2) is 4.79 Å². The summed E-state index contributed by atoms with van der Waals surface area (Å²) in [5.74, 6) is -0.443. The van der Waals surface area contributed by atoms with Crippen LogP contribution in [-0.2, 0) is 9.53 Å². The van der Waals surface area contributed by atoms with Gasteiger partial charge < -0.3 is 15.4 Å². The van der Waals surface area contributed by atoms with Crippen LogP contribution in [0.25, 0.3) is 0 Å². The Morgan fingerprint density at radius 2 is 2.08 bits per heavy atom. The quantitative estimate of drug-likeness (QED) is 0.672. The van der Waals surface area contributed by atoms with Gasteiger partial charge in [0.15, 0.2) is 0 Å². The van der Waals surface area contributed by atoms with Crippen molar-refractivity contribution in [3.05, 3.63) is 38.9 Å². The smallest absolute Gasteiger partial charge is 0.341 e. The van der Waals surface area contributed by atoms with E-state index in [2.05, 4.69) is 10.6 Å². The number of amides is 2. The lowest BCUT2D eigenvalue weighted by atomic mass is 10.1. The maximum Gasteiger partial charge on any atom is 0.341 e. The van der Waals surface area contributed by atoms with Gasteiger partial charge in [-0.3, -0.25) is 9.59 Å². The first kappa shape index (κ1) is 18.6. The molecule has 138 valence electrons. The fourth-order valence-corrected chi connectivity index (χ4v) is 4.23. The van der Waals surface area contributed by atoms with Gasteiger partial charge in [0, 0.05) is 23.9 Å². The van der Waals surface area contributed by atoms with Gasteiger partial charge in [-0.05, 0) is 48.1 Å². The lowest BCUT2D eigenvalue weighted by Gasteiger charge is -2.08. The molecule has 0 atom stereocenters. The number of anilines is 1. The molecule has 0 unspecified atom stereocenters. The summed E-state index contributed by atoms with van der Waals surface area (Å²) in [5, 5.41) is 11.5. The summed E-state index contributed by atoms with van der Waals surface area (Å²) >= 11 is 2.79. The van der Waals surface area contributed by atoms with Crippen molar-refractivity contribution in [3.8, 4) is 0 Å². The third-order valence-electron chi connectivity index (χ3n) is 3.99. The summed E-state index contributed by atoms with van der Waals surface area (Å²) in [5.41, 5.74) is 2.04. The summed E-state index contributed by atoms with van der Waals surface area (Å²) < 4.78 is 5.14. The molecule has 0 bridgehead atoms. The first-order chi connectivity index (χ1) is 12.6. The van der Waals surface area contributed by atoms with Gasteiger partial charge in [-0.1, -0.05) is 0 Å². The number of hydrogen-bond donors (Lipinski definition) is 2. The number of thiophene rings is 2.